The summed E-state index contributed by atoms with van der Waals surface area (Å²) in [6.07, 6.45) is 6.11. The molecule has 2 unspecified atom stereocenters. The quantitative estimate of drug-likeness (QED) is 0.831. The second-order valence-corrected chi connectivity index (χ2v) is 4.76. The number of hydrogen-bond donors (Lipinski definition) is 2. The number of aromatic nitrogens is 1. The van der Waals surface area contributed by atoms with Gasteiger partial charge in [-0.2, -0.15) is 0 Å². The average Bonchev–Trinajstić information content (AvgIpc) is 2.89. The minimum atomic E-state index is 0.00537. The molecule has 0 bridgehead atoms. The summed E-state index contributed by atoms with van der Waals surface area (Å²) in [5, 5.41) is 3.05. The van der Waals surface area contributed by atoms with Crippen LogP contribution in [0.15, 0.2) is 18.3 Å². The van der Waals surface area contributed by atoms with Crippen LogP contribution in [0.25, 0.3) is 0 Å². The van der Waals surface area contributed by atoms with Crippen LogP contribution in [0, 0.1) is 0 Å². The Morgan fingerprint density at radius 2 is 2.41 bits per heavy atom. The van der Waals surface area contributed by atoms with Crippen molar-refractivity contribution in [1.82, 2.24) is 9.88 Å². The summed E-state index contributed by atoms with van der Waals surface area (Å²) in [6, 6.07) is 4.05. The molecule has 0 radical (unpaired) electrons. The second-order valence-electron chi connectivity index (χ2n) is 4.76. The van der Waals surface area contributed by atoms with Crippen LogP contribution < -0.4 is 11.1 Å². The molecule has 1 heterocycles. The number of nitrogens with two attached hydrogens (primary N) is 1. The van der Waals surface area contributed by atoms with Gasteiger partial charge in [-0.3, -0.25) is 4.79 Å². The summed E-state index contributed by atoms with van der Waals surface area (Å²) in [7, 11) is 0. The molecule has 0 aliphatic heterocycles. The second kappa shape index (κ2) is 5.36. The van der Waals surface area contributed by atoms with E-state index in [4.69, 9.17) is 5.73 Å². The molecule has 1 fully saturated rings. The molecule has 2 atom stereocenters. The van der Waals surface area contributed by atoms with Crippen molar-refractivity contribution in [2.45, 2.75) is 51.2 Å². The summed E-state index contributed by atoms with van der Waals surface area (Å²) in [5.41, 5.74) is 6.70. The van der Waals surface area contributed by atoms with E-state index in [0.717, 1.165) is 37.9 Å². The Balaban J connectivity index is 2.01. The molecule has 4 heteroatoms. The Kier molecular flexibility index (Phi) is 3.84. The lowest BCUT2D eigenvalue weighted by molar-refractivity contribution is 0.0925. The van der Waals surface area contributed by atoms with E-state index in [2.05, 4.69) is 12.2 Å². The van der Waals surface area contributed by atoms with Crippen LogP contribution in [-0.2, 0) is 6.54 Å². The fourth-order valence-electron chi connectivity index (χ4n) is 2.47. The average molecular weight is 235 g/mol. The maximum Gasteiger partial charge on any atom is 0.268 e. The molecule has 94 valence electrons. The van der Waals surface area contributed by atoms with Crippen LogP contribution in [0.1, 0.15) is 43.1 Å². The monoisotopic (exact) mass is 235 g/mol. The maximum atomic E-state index is 12.1. The summed E-state index contributed by atoms with van der Waals surface area (Å²) in [4.78, 5) is 12.1. The van der Waals surface area contributed by atoms with Gasteiger partial charge in [-0.05, 0) is 37.8 Å². The van der Waals surface area contributed by atoms with E-state index in [-0.39, 0.29) is 18.0 Å². The van der Waals surface area contributed by atoms with Gasteiger partial charge in [-0.25, -0.2) is 0 Å². The zero-order valence-corrected chi connectivity index (χ0v) is 10.4. The topological polar surface area (TPSA) is 60.0 Å². The van der Waals surface area contributed by atoms with Gasteiger partial charge in [0.15, 0.2) is 0 Å². The molecule has 1 aliphatic carbocycles. The molecule has 0 spiro atoms. The molecular weight excluding hydrogens is 214 g/mol. The van der Waals surface area contributed by atoms with Crippen molar-refractivity contribution in [3.8, 4) is 0 Å². The van der Waals surface area contributed by atoms with Crippen molar-refractivity contribution in [2.75, 3.05) is 0 Å². The lowest BCUT2D eigenvalue weighted by atomic mass is 10.2. The van der Waals surface area contributed by atoms with Crippen molar-refractivity contribution in [1.29, 1.82) is 0 Å². The number of carbonyl (C=O) groups is 1. The predicted molar refractivity (Wildman–Crippen MR) is 67.8 cm³/mol. The Morgan fingerprint density at radius 3 is 3.06 bits per heavy atom. The molecular formula is C13H21N3O. The third-order valence-corrected chi connectivity index (χ3v) is 3.41. The molecule has 1 aliphatic rings. The number of nitrogens with one attached hydrogen (secondary N) is 1. The Labute approximate surface area is 102 Å². The van der Waals surface area contributed by atoms with Crippen LogP contribution in [-0.4, -0.2) is 22.6 Å². The zero-order chi connectivity index (χ0) is 12.3. The lowest BCUT2D eigenvalue weighted by Crippen LogP contribution is -2.44. The van der Waals surface area contributed by atoms with Crippen molar-refractivity contribution < 1.29 is 4.79 Å². The standard InChI is InChI=1S/C13H21N3O/c1-2-8-16-9-4-7-12(16)13(17)15-11-6-3-5-10(11)14/h4,7,9-11H,2-3,5-6,8,14H2,1H3,(H,15,17). The normalized spacial score (nSPS) is 23.9. The van der Waals surface area contributed by atoms with Crippen molar-refractivity contribution in [3.63, 3.8) is 0 Å². The Morgan fingerprint density at radius 1 is 1.59 bits per heavy atom. The summed E-state index contributed by atoms with van der Waals surface area (Å²) in [6.45, 7) is 2.99. The first-order valence-corrected chi connectivity index (χ1v) is 6.44. The van der Waals surface area contributed by atoms with Gasteiger partial charge in [0, 0.05) is 24.8 Å². The molecule has 1 amide bonds. The fraction of sp³-hybridized carbons (Fsp3) is 0.615. The van der Waals surface area contributed by atoms with Gasteiger partial charge in [0.05, 0.1) is 0 Å². The summed E-state index contributed by atoms with van der Waals surface area (Å²) >= 11 is 0. The molecule has 1 aromatic rings. The highest BCUT2D eigenvalue weighted by atomic mass is 16.2. The van der Waals surface area contributed by atoms with E-state index >= 15 is 0 Å². The molecule has 1 aromatic heterocycles. The van der Waals surface area contributed by atoms with Gasteiger partial charge < -0.3 is 15.6 Å². The van der Waals surface area contributed by atoms with Crippen molar-refractivity contribution >= 4 is 5.91 Å². The first-order chi connectivity index (χ1) is 8.22. The van der Waals surface area contributed by atoms with E-state index in [1.165, 1.54) is 0 Å². The largest absolute Gasteiger partial charge is 0.346 e. The molecule has 4 nitrogen and oxygen atoms in total. The van der Waals surface area contributed by atoms with Gasteiger partial charge in [-0.1, -0.05) is 6.92 Å². The highest BCUT2D eigenvalue weighted by Gasteiger charge is 2.26. The van der Waals surface area contributed by atoms with Gasteiger partial charge in [-0.15, -0.1) is 0 Å². The zero-order valence-electron chi connectivity index (χ0n) is 10.4. The number of amides is 1. The molecule has 17 heavy (non-hydrogen) atoms. The van der Waals surface area contributed by atoms with Crippen LogP contribution >= 0.6 is 0 Å². The highest BCUT2D eigenvalue weighted by molar-refractivity contribution is 5.93. The molecule has 0 saturated heterocycles. The smallest absolute Gasteiger partial charge is 0.268 e. The molecule has 3 N–H and O–H groups in total. The first kappa shape index (κ1) is 12.2. The summed E-state index contributed by atoms with van der Waals surface area (Å²) in [5.74, 6) is 0.00537. The number of hydrogen-bond acceptors (Lipinski definition) is 2. The number of rotatable bonds is 4. The van der Waals surface area contributed by atoms with Crippen molar-refractivity contribution in [2.24, 2.45) is 5.73 Å². The van der Waals surface area contributed by atoms with E-state index in [1.807, 2.05) is 22.9 Å². The number of nitrogens with zero attached hydrogens (tertiary/aromatic N) is 1. The molecule has 0 aromatic carbocycles. The van der Waals surface area contributed by atoms with Crippen LogP contribution in [0.3, 0.4) is 0 Å². The van der Waals surface area contributed by atoms with E-state index in [1.54, 1.807) is 0 Å². The van der Waals surface area contributed by atoms with E-state index in [9.17, 15) is 4.79 Å². The van der Waals surface area contributed by atoms with Gasteiger partial charge in [0.1, 0.15) is 5.69 Å². The van der Waals surface area contributed by atoms with E-state index < -0.39 is 0 Å². The first-order valence-electron chi connectivity index (χ1n) is 6.44. The SMILES string of the molecule is CCCn1cccc1C(=O)NC1CCCC1N. The fourth-order valence-corrected chi connectivity index (χ4v) is 2.47. The highest BCUT2D eigenvalue weighted by Crippen LogP contribution is 2.17. The van der Waals surface area contributed by atoms with Crippen LogP contribution in [0.4, 0.5) is 0 Å². The van der Waals surface area contributed by atoms with Gasteiger partial charge in [0.2, 0.25) is 0 Å². The minimum absolute atomic E-state index is 0.00537. The minimum Gasteiger partial charge on any atom is -0.346 e. The maximum absolute atomic E-state index is 12.1. The van der Waals surface area contributed by atoms with Gasteiger partial charge >= 0.3 is 0 Å². The Hall–Kier alpha value is -1.29. The number of carbonyl (C=O) groups excluding carboxylic acids is 1. The predicted octanol–water partition coefficient (Wildman–Crippen LogP) is 1.51. The van der Waals surface area contributed by atoms with Crippen LogP contribution in [0.2, 0.25) is 0 Å². The number of aryl methyl sites for hydroxylation is 1. The third-order valence-electron chi connectivity index (χ3n) is 3.41. The third kappa shape index (κ3) is 2.69. The molecule has 1 saturated carbocycles. The van der Waals surface area contributed by atoms with Crippen LogP contribution in [0.5, 0.6) is 0 Å². The molecule has 2 rings (SSSR count). The van der Waals surface area contributed by atoms with E-state index in [0.29, 0.717) is 0 Å². The summed E-state index contributed by atoms with van der Waals surface area (Å²) < 4.78 is 2.00. The lowest BCUT2D eigenvalue weighted by Gasteiger charge is -2.17. The van der Waals surface area contributed by atoms with Crippen molar-refractivity contribution in [3.05, 3.63) is 24.0 Å². The Bertz CT molecular complexity index is 386. The van der Waals surface area contributed by atoms with Gasteiger partial charge in [0.25, 0.3) is 5.91 Å².